The van der Waals surface area contributed by atoms with Crippen molar-refractivity contribution in [3.05, 3.63) is 12.2 Å². The number of ether oxygens (including phenoxy) is 2. The molecule has 0 aromatic carbocycles. The molecule has 0 spiro atoms. The molecule has 2 atom stereocenters. The molecule has 0 heterocycles. The Kier molecular flexibility index (Phi) is 7.26. The highest BCUT2D eigenvalue weighted by Crippen LogP contribution is 2.55. The van der Waals surface area contributed by atoms with Crippen molar-refractivity contribution in [3.8, 4) is 0 Å². The normalized spacial score (nSPS) is 21.7. The molecular weight excluding hydrogens is 296 g/mol. The lowest BCUT2D eigenvalue weighted by Gasteiger charge is -2.19. The molecule has 0 bridgehead atoms. The fraction of sp³-hybridized carbons (Fsp3) is 0.778. The first-order valence-electron chi connectivity index (χ1n) is 8.60. The molecule has 0 aromatic heterocycles. The van der Waals surface area contributed by atoms with Gasteiger partial charge in [0.1, 0.15) is 0 Å². The number of carbonyl (C=O) groups is 2. The SMILES string of the molecule is CCCCCC(C)(O)C=CC1CC1(C(=O)OCC)C(=O)OCC. The third-order valence-electron chi connectivity index (χ3n) is 4.27. The van der Waals surface area contributed by atoms with Gasteiger partial charge in [0.15, 0.2) is 5.41 Å². The van der Waals surface area contributed by atoms with Crippen molar-refractivity contribution < 1.29 is 24.2 Å². The van der Waals surface area contributed by atoms with Gasteiger partial charge >= 0.3 is 11.9 Å². The van der Waals surface area contributed by atoms with E-state index in [9.17, 15) is 14.7 Å². The molecule has 1 aliphatic carbocycles. The van der Waals surface area contributed by atoms with Crippen molar-refractivity contribution in [2.45, 2.75) is 65.4 Å². The van der Waals surface area contributed by atoms with Gasteiger partial charge in [-0.2, -0.15) is 0 Å². The fourth-order valence-corrected chi connectivity index (χ4v) is 2.73. The van der Waals surface area contributed by atoms with Gasteiger partial charge in [-0.15, -0.1) is 0 Å². The van der Waals surface area contributed by atoms with Crippen LogP contribution >= 0.6 is 0 Å². The van der Waals surface area contributed by atoms with E-state index in [0.717, 1.165) is 19.3 Å². The first-order chi connectivity index (χ1) is 10.8. The number of allylic oxidation sites excluding steroid dienone is 1. The van der Waals surface area contributed by atoms with Crippen molar-refractivity contribution >= 4 is 11.9 Å². The lowest BCUT2D eigenvalue weighted by atomic mass is 9.96. The van der Waals surface area contributed by atoms with Gasteiger partial charge in [0.2, 0.25) is 0 Å². The van der Waals surface area contributed by atoms with Crippen molar-refractivity contribution in [1.82, 2.24) is 0 Å². The molecule has 2 unspecified atom stereocenters. The topological polar surface area (TPSA) is 72.8 Å². The highest BCUT2D eigenvalue weighted by atomic mass is 16.6. The monoisotopic (exact) mass is 326 g/mol. The lowest BCUT2D eigenvalue weighted by molar-refractivity contribution is -0.164. The van der Waals surface area contributed by atoms with Gasteiger partial charge in [-0.3, -0.25) is 9.59 Å². The average Bonchev–Trinajstić information content (AvgIpc) is 3.22. The van der Waals surface area contributed by atoms with Crippen LogP contribution in [0.3, 0.4) is 0 Å². The van der Waals surface area contributed by atoms with E-state index < -0.39 is 23.0 Å². The Morgan fingerprint density at radius 3 is 2.22 bits per heavy atom. The van der Waals surface area contributed by atoms with Crippen molar-refractivity contribution in [2.75, 3.05) is 13.2 Å². The highest BCUT2D eigenvalue weighted by Gasteiger charge is 2.67. The lowest BCUT2D eigenvalue weighted by Crippen LogP contribution is -2.32. The van der Waals surface area contributed by atoms with Gasteiger partial charge < -0.3 is 14.6 Å². The predicted molar refractivity (Wildman–Crippen MR) is 87.7 cm³/mol. The Morgan fingerprint density at radius 1 is 1.17 bits per heavy atom. The smallest absolute Gasteiger partial charge is 0.324 e. The summed E-state index contributed by atoms with van der Waals surface area (Å²) in [5, 5.41) is 10.4. The molecular formula is C18H30O5. The van der Waals surface area contributed by atoms with E-state index in [-0.39, 0.29) is 19.1 Å². The first-order valence-corrected chi connectivity index (χ1v) is 8.60. The van der Waals surface area contributed by atoms with Crippen LogP contribution in [0.25, 0.3) is 0 Å². The molecule has 132 valence electrons. The minimum absolute atomic E-state index is 0.227. The molecule has 0 aliphatic heterocycles. The van der Waals surface area contributed by atoms with E-state index in [1.54, 1.807) is 32.9 Å². The van der Waals surface area contributed by atoms with Crippen LogP contribution in [0.1, 0.15) is 59.8 Å². The molecule has 1 N–H and O–H groups in total. The van der Waals surface area contributed by atoms with Gasteiger partial charge in [-0.1, -0.05) is 38.3 Å². The number of hydrogen-bond donors (Lipinski definition) is 1. The zero-order chi connectivity index (χ0) is 17.5. The van der Waals surface area contributed by atoms with Crippen LogP contribution in [0.4, 0.5) is 0 Å². The maximum atomic E-state index is 12.2. The summed E-state index contributed by atoms with van der Waals surface area (Å²) in [4.78, 5) is 24.3. The standard InChI is InChI=1S/C18H30O5/c1-5-8-9-11-17(4,21)12-10-14-13-18(14,15(19)22-6-2)16(20)23-7-3/h10,12,14,21H,5-9,11,13H2,1-4H3. The van der Waals surface area contributed by atoms with Crippen molar-refractivity contribution in [1.29, 1.82) is 0 Å². The molecule has 5 nitrogen and oxygen atoms in total. The van der Waals surface area contributed by atoms with Crippen LogP contribution in [0.15, 0.2) is 12.2 Å². The van der Waals surface area contributed by atoms with Crippen LogP contribution in [-0.4, -0.2) is 35.9 Å². The Labute approximate surface area is 139 Å². The maximum Gasteiger partial charge on any atom is 0.324 e. The number of rotatable bonds is 10. The second-order valence-corrected chi connectivity index (χ2v) is 6.40. The number of unbranched alkanes of at least 4 members (excludes halogenated alkanes) is 2. The summed E-state index contributed by atoms with van der Waals surface area (Å²) >= 11 is 0. The zero-order valence-corrected chi connectivity index (χ0v) is 14.8. The number of esters is 2. The van der Waals surface area contributed by atoms with E-state index in [1.165, 1.54) is 0 Å². The van der Waals surface area contributed by atoms with E-state index in [1.807, 2.05) is 0 Å². The Hall–Kier alpha value is -1.36. The van der Waals surface area contributed by atoms with E-state index in [2.05, 4.69) is 6.92 Å². The number of carbonyl (C=O) groups excluding carboxylic acids is 2. The summed E-state index contributed by atoms with van der Waals surface area (Å²) < 4.78 is 10.1. The molecule has 0 amide bonds. The average molecular weight is 326 g/mol. The van der Waals surface area contributed by atoms with Crippen LogP contribution in [0, 0.1) is 11.3 Å². The molecule has 1 rings (SSSR count). The molecule has 0 radical (unpaired) electrons. The van der Waals surface area contributed by atoms with Gasteiger partial charge in [0, 0.05) is 5.92 Å². The molecule has 5 heteroatoms. The molecule has 0 aromatic rings. The minimum atomic E-state index is -1.22. The van der Waals surface area contributed by atoms with Crippen molar-refractivity contribution in [2.24, 2.45) is 11.3 Å². The second-order valence-electron chi connectivity index (χ2n) is 6.40. The third-order valence-corrected chi connectivity index (χ3v) is 4.27. The predicted octanol–water partition coefficient (Wildman–Crippen LogP) is 3.01. The van der Waals surface area contributed by atoms with Crippen LogP contribution in [0.2, 0.25) is 0 Å². The Balaban J connectivity index is 2.74. The first kappa shape index (κ1) is 19.7. The highest BCUT2D eigenvalue weighted by molar-refractivity contribution is 6.04. The van der Waals surface area contributed by atoms with Crippen molar-refractivity contribution in [3.63, 3.8) is 0 Å². The summed E-state index contributed by atoms with van der Waals surface area (Å²) in [7, 11) is 0. The molecule has 1 fully saturated rings. The summed E-state index contributed by atoms with van der Waals surface area (Å²) in [5.41, 5.74) is -2.14. The quantitative estimate of drug-likeness (QED) is 0.289. The van der Waals surface area contributed by atoms with Gasteiger partial charge in [0.05, 0.1) is 18.8 Å². The van der Waals surface area contributed by atoms with Crippen LogP contribution in [-0.2, 0) is 19.1 Å². The molecule has 23 heavy (non-hydrogen) atoms. The number of hydrogen-bond acceptors (Lipinski definition) is 5. The molecule has 1 aliphatic rings. The van der Waals surface area contributed by atoms with Crippen LogP contribution < -0.4 is 0 Å². The summed E-state index contributed by atoms with van der Waals surface area (Å²) in [6.07, 6.45) is 7.62. The Morgan fingerprint density at radius 2 is 1.74 bits per heavy atom. The Bertz CT molecular complexity index is 421. The fourth-order valence-electron chi connectivity index (χ4n) is 2.73. The minimum Gasteiger partial charge on any atom is -0.465 e. The van der Waals surface area contributed by atoms with E-state index >= 15 is 0 Å². The molecule has 0 saturated heterocycles. The van der Waals surface area contributed by atoms with Crippen LogP contribution in [0.5, 0.6) is 0 Å². The largest absolute Gasteiger partial charge is 0.465 e. The van der Waals surface area contributed by atoms with Gasteiger partial charge in [-0.25, -0.2) is 0 Å². The number of aliphatic hydroxyl groups is 1. The van der Waals surface area contributed by atoms with E-state index in [4.69, 9.17) is 9.47 Å². The summed E-state index contributed by atoms with van der Waals surface area (Å²) in [6.45, 7) is 7.74. The maximum absolute atomic E-state index is 12.2. The van der Waals surface area contributed by atoms with Gasteiger partial charge in [-0.05, 0) is 33.6 Å². The summed E-state index contributed by atoms with van der Waals surface area (Å²) in [6, 6.07) is 0. The third kappa shape index (κ3) is 5.06. The second kappa shape index (κ2) is 8.48. The zero-order valence-electron chi connectivity index (χ0n) is 14.8. The summed E-state index contributed by atoms with van der Waals surface area (Å²) in [5.74, 6) is -1.32. The van der Waals surface area contributed by atoms with E-state index in [0.29, 0.717) is 12.8 Å². The van der Waals surface area contributed by atoms with Gasteiger partial charge in [0.25, 0.3) is 0 Å². The molecule has 1 saturated carbocycles.